The summed E-state index contributed by atoms with van der Waals surface area (Å²) < 4.78 is 41.4. The van der Waals surface area contributed by atoms with E-state index in [1.54, 1.807) is 24.3 Å². The average molecular weight is 562 g/mol. The summed E-state index contributed by atoms with van der Waals surface area (Å²) in [5.74, 6) is -0.0760. The first kappa shape index (κ1) is 26.6. The monoisotopic (exact) mass is 560 g/mol. The Kier molecular flexibility index (Phi) is 9.50. The first-order chi connectivity index (χ1) is 16.2. The van der Waals surface area contributed by atoms with Crippen LogP contribution in [0.25, 0.3) is 0 Å². The van der Waals surface area contributed by atoms with Gasteiger partial charge in [-0.3, -0.25) is 9.10 Å². The number of nitrogens with zero attached hydrogens (tertiary/aromatic N) is 1. The molecule has 0 unspecified atom stereocenters. The standard InChI is InChI=1S/C23H20Cl3FN2O3S2/c24-16-11-17(25)13-18(12-16)29(34(31,32)19-5-2-1-3-6-19)14-23(30)28-9-10-33-15-20-21(26)7-4-8-22(20)27/h1-8,11-13H,9-10,14-15H2,(H,28,30). The van der Waals surface area contributed by atoms with E-state index in [0.29, 0.717) is 22.1 Å². The van der Waals surface area contributed by atoms with E-state index in [1.807, 2.05) is 0 Å². The number of amides is 1. The van der Waals surface area contributed by atoms with Crippen molar-refractivity contribution in [2.24, 2.45) is 0 Å². The van der Waals surface area contributed by atoms with Crippen molar-refractivity contribution < 1.29 is 17.6 Å². The minimum atomic E-state index is -4.07. The van der Waals surface area contributed by atoms with Crippen LogP contribution in [0.4, 0.5) is 10.1 Å². The summed E-state index contributed by atoms with van der Waals surface area (Å²) in [4.78, 5) is 12.7. The maximum absolute atomic E-state index is 13.9. The molecule has 0 aliphatic heterocycles. The fraction of sp³-hybridized carbons (Fsp3) is 0.174. The second-order valence-electron chi connectivity index (χ2n) is 7.06. The Bertz CT molecular complexity index is 1220. The third kappa shape index (κ3) is 7.02. The van der Waals surface area contributed by atoms with Gasteiger partial charge in [0.05, 0.1) is 10.6 Å². The van der Waals surface area contributed by atoms with Crippen molar-refractivity contribution in [1.29, 1.82) is 0 Å². The lowest BCUT2D eigenvalue weighted by Gasteiger charge is -2.24. The maximum Gasteiger partial charge on any atom is 0.264 e. The van der Waals surface area contributed by atoms with Crippen LogP contribution in [0.2, 0.25) is 15.1 Å². The van der Waals surface area contributed by atoms with Gasteiger partial charge in [-0.15, -0.1) is 0 Å². The Labute approximate surface area is 217 Å². The number of halogens is 4. The number of thioether (sulfide) groups is 1. The molecule has 0 heterocycles. The fourth-order valence-electron chi connectivity index (χ4n) is 3.01. The normalized spacial score (nSPS) is 11.3. The molecule has 0 aromatic heterocycles. The van der Waals surface area contributed by atoms with Crippen LogP contribution in [0.15, 0.2) is 71.6 Å². The Morgan fingerprint density at radius 2 is 1.65 bits per heavy atom. The van der Waals surface area contributed by atoms with E-state index < -0.39 is 22.5 Å². The van der Waals surface area contributed by atoms with Crippen LogP contribution in [0.5, 0.6) is 0 Å². The summed E-state index contributed by atoms with van der Waals surface area (Å²) >= 11 is 19.6. The number of carbonyl (C=O) groups excluding carboxylic acids is 1. The molecular formula is C23H20Cl3FN2O3S2. The summed E-state index contributed by atoms with van der Waals surface area (Å²) in [6, 6.07) is 16.6. The highest BCUT2D eigenvalue weighted by atomic mass is 35.5. The highest BCUT2D eigenvalue weighted by Gasteiger charge is 2.27. The third-order valence-electron chi connectivity index (χ3n) is 4.63. The van der Waals surface area contributed by atoms with Gasteiger partial charge in [-0.2, -0.15) is 11.8 Å². The molecule has 0 saturated carbocycles. The summed E-state index contributed by atoms with van der Waals surface area (Å²) in [6.07, 6.45) is 0. The van der Waals surface area contributed by atoms with E-state index in [1.165, 1.54) is 54.2 Å². The first-order valence-corrected chi connectivity index (χ1v) is 13.7. The highest BCUT2D eigenvalue weighted by Crippen LogP contribution is 2.29. The van der Waals surface area contributed by atoms with Crippen molar-refractivity contribution in [3.05, 3.63) is 93.2 Å². The molecule has 0 saturated heterocycles. The summed E-state index contributed by atoms with van der Waals surface area (Å²) in [5.41, 5.74) is 0.568. The van der Waals surface area contributed by atoms with Gasteiger partial charge in [0.2, 0.25) is 5.91 Å². The lowest BCUT2D eigenvalue weighted by molar-refractivity contribution is -0.119. The van der Waals surface area contributed by atoms with Crippen molar-refractivity contribution >= 4 is 68.2 Å². The summed E-state index contributed by atoms with van der Waals surface area (Å²) in [7, 11) is -4.07. The maximum atomic E-state index is 13.9. The van der Waals surface area contributed by atoms with E-state index in [2.05, 4.69) is 5.32 Å². The molecule has 0 aliphatic rings. The molecular weight excluding hydrogens is 542 g/mol. The Hall–Kier alpha value is -1.97. The van der Waals surface area contributed by atoms with Crippen LogP contribution in [-0.2, 0) is 20.6 Å². The van der Waals surface area contributed by atoms with Gasteiger partial charge >= 0.3 is 0 Å². The van der Waals surface area contributed by atoms with Gasteiger partial charge in [-0.1, -0.05) is 59.1 Å². The van der Waals surface area contributed by atoms with Gasteiger partial charge in [0.1, 0.15) is 12.4 Å². The molecule has 1 N–H and O–H groups in total. The molecule has 0 fully saturated rings. The minimum absolute atomic E-state index is 0.0243. The van der Waals surface area contributed by atoms with Crippen molar-refractivity contribution in [2.75, 3.05) is 23.1 Å². The zero-order valence-electron chi connectivity index (χ0n) is 17.7. The third-order valence-corrected chi connectivity index (χ3v) is 8.19. The van der Waals surface area contributed by atoms with Crippen LogP contribution in [0.1, 0.15) is 5.56 Å². The van der Waals surface area contributed by atoms with Crippen molar-refractivity contribution in [1.82, 2.24) is 5.32 Å². The molecule has 180 valence electrons. The number of anilines is 1. The molecule has 3 aromatic carbocycles. The molecule has 0 bridgehead atoms. The average Bonchev–Trinajstić information content (AvgIpc) is 2.78. The van der Waals surface area contributed by atoms with Gasteiger partial charge in [0.15, 0.2) is 0 Å². The number of hydrogen-bond acceptors (Lipinski definition) is 4. The molecule has 3 rings (SSSR count). The van der Waals surface area contributed by atoms with Gasteiger partial charge in [0.25, 0.3) is 10.0 Å². The zero-order valence-corrected chi connectivity index (χ0v) is 21.6. The number of nitrogens with one attached hydrogen (secondary N) is 1. The Morgan fingerprint density at radius 1 is 0.971 bits per heavy atom. The van der Waals surface area contributed by atoms with Crippen molar-refractivity contribution in [3.63, 3.8) is 0 Å². The molecule has 34 heavy (non-hydrogen) atoms. The van der Waals surface area contributed by atoms with E-state index in [4.69, 9.17) is 34.8 Å². The second-order valence-corrected chi connectivity index (χ2v) is 11.3. The van der Waals surface area contributed by atoms with Crippen LogP contribution in [0.3, 0.4) is 0 Å². The van der Waals surface area contributed by atoms with E-state index in [0.717, 1.165) is 4.31 Å². The topological polar surface area (TPSA) is 66.5 Å². The lowest BCUT2D eigenvalue weighted by atomic mass is 10.2. The molecule has 0 radical (unpaired) electrons. The largest absolute Gasteiger partial charge is 0.354 e. The van der Waals surface area contributed by atoms with E-state index in [9.17, 15) is 17.6 Å². The Morgan fingerprint density at radius 3 is 2.29 bits per heavy atom. The van der Waals surface area contributed by atoms with Gasteiger partial charge in [-0.05, 0) is 42.5 Å². The van der Waals surface area contributed by atoms with Crippen molar-refractivity contribution in [2.45, 2.75) is 10.6 Å². The Balaban J connectivity index is 1.67. The molecule has 1 amide bonds. The van der Waals surface area contributed by atoms with Crippen LogP contribution in [-0.4, -0.2) is 33.2 Å². The summed E-state index contributed by atoms with van der Waals surface area (Å²) in [5, 5.41) is 3.51. The smallest absolute Gasteiger partial charge is 0.264 e. The SMILES string of the molecule is O=C(CN(c1cc(Cl)cc(Cl)c1)S(=O)(=O)c1ccccc1)NCCSCc1c(F)cccc1Cl. The van der Waals surface area contributed by atoms with E-state index >= 15 is 0 Å². The van der Waals surface area contributed by atoms with Crippen LogP contribution >= 0.6 is 46.6 Å². The second kappa shape index (κ2) is 12.1. The van der Waals surface area contributed by atoms with E-state index in [-0.39, 0.29) is 33.0 Å². The predicted molar refractivity (Wildman–Crippen MR) is 138 cm³/mol. The number of hydrogen-bond donors (Lipinski definition) is 1. The fourth-order valence-corrected chi connectivity index (χ4v) is 6.15. The number of benzene rings is 3. The van der Waals surface area contributed by atoms with Crippen LogP contribution in [0, 0.1) is 5.82 Å². The van der Waals surface area contributed by atoms with Crippen LogP contribution < -0.4 is 9.62 Å². The molecule has 0 atom stereocenters. The lowest BCUT2D eigenvalue weighted by Crippen LogP contribution is -2.41. The molecule has 11 heteroatoms. The molecule has 0 spiro atoms. The van der Waals surface area contributed by atoms with Gasteiger partial charge in [-0.25, -0.2) is 12.8 Å². The number of carbonyl (C=O) groups is 1. The minimum Gasteiger partial charge on any atom is -0.354 e. The first-order valence-electron chi connectivity index (χ1n) is 9.99. The quantitative estimate of drug-likeness (QED) is 0.307. The number of rotatable bonds is 10. The van der Waals surface area contributed by atoms with Crippen molar-refractivity contribution in [3.8, 4) is 0 Å². The highest BCUT2D eigenvalue weighted by molar-refractivity contribution is 7.98. The zero-order chi connectivity index (χ0) is 24.7. The molecule has 0 aliphatic carbocycles. The van der Waals surface area contributed by atoms with Gasteiger partial charge < -0.3 is 5.32 Å². The summed E-state index contributed by atoms with van der Waals surface area (Å²) in [6.45, 7) is -0.219. The number of sulfonamides is 1. The van der Waals surface area contributed by atoms with Gasteiger partial charge in [0, 0.05) is 38.7 Å². The molecule has 5 nitrogen and oxygen atoms in total. The predicted octanol–water partition coefficient (Wildman–Crippen LogP) is 6.03. The molecule has 3 aromatic rings.